The quantitative estimate of drug-likeness (QED) is 0.284. The zero-order valence-electron chi connectivity index (χ0n) is 23.5. The summed E-state index contributed by atoms with van der Waals surface area (Å²) >= 11 is 6.37. The first kappa shape index (κ1) is 28.5. The molecule has 1 aromatic heterocycles. The molecule has 0 saturated carbocycles. The maximum Gasteiger partial charge on any atom is 0.416 e. The number of halogens is 1. The Morgan fingerprint density at radius 1 is 1.00 bits per heavy atom. The molecule has 0 radical (unpaired) electrons. The van der Waals surface area contributed by atoms with E-state index in [1.54, 1.807) is 11.0 Å². The Kier molecular flexibility index (Phi) is 8.46. The predicted octanol–water partition coefficient (Wildman–Crippen LogP) is 4.65. The van der Waals surface area contributed by atoms with Crippen molar-refractivity contribution >= 4 is 48.2 Å². The van der Waals surface area contributed by atoms with E-state index in [4.69, 9.17) is 25.5 Å². The molecule has 0 aliphatic carbocycles. The Labute approximate surface area is 242 Å². The van der Waals surface area contributed by atoms with E-state index in [-0.39, 0.29) is 22.3 Å². The molecule has 2 atom stereocenters. The summed E-state index contributed by atoms with van der Waals surface area (Å²) in [5.41, 5.74) is 0. The third-order valence-corrected chi connectivity index (χ3v) is 13.0. The van der Waals surface area contributed by atoms with Crippen LogP contribution in [0.3, 0.4) is 0 Å². The number of carbonyl (C=O) groups is 1. The first-order valence-corrected chi connectivity index (χ1v) is 16.1. The van der Waals surface area contributed by atoms with Crippen LogP contribution in [-0.2, 0) is 13.9 Å². The number of cyclic esters (lactones) is 1. The second-order valence-corrected chi connectivity index (χ2v) is 16.0. The third kappa shape index (κ3) is 5.61. The number of carbonyl (C=O) groups excluding carboxylic acids is 1. The summed E-state index contributed by atoms with van der Waals surface area (Å²) in [6.07, 6.45) is -0.236. The Bertz CT molecular complexity index is 1260. The molecule has 2 aromatic carbocycles. The lowest BCUT2D eigenvalue weighted by atomic mass is 10.1. The standard InChI is InChI=1S/C30H37ClN4O4Si/c1-22-25(39-29(36)35(22)27-21-26(31)32-28(33-27)34-16-19-37-20-17-34)15-18-38-40(30(2,3)4,23-11-7-5-8-12-23)24-13-9-6-10-14-24/h5-14,21-22,25H,15-20H2,1-4H3. The van der Waals surface area contributed by atoms with Crippen LogP contribution in [0.25, 0.3) is 0 Å². The predicted molar refractivity (Wildman–Crippen MR) is 160 cm³/mol. The lowest BCUT2D eigenvalue weighted by Gasteiger charge is -2.43. The highest BCUT2D eigenvalue weighted by atomic mass is 35.5. The molecule has 8 nitrogen and oxygen atoms in total. The van der Waals surface area contributed by atoms with E-state index in [9.17, 15) is 4.79 Å². The highest BCUT2D eigenvalue weighted by molar-refractivity contribution is 6.99. The molecule has 2 aliphatic rings. The SMILES string of the molecule is CC1C(CCO[Si](c2ccccc2)(c2ccccc2)C(C)(C)C)OC(=O)N1c1cc(Cl)nc(N2CCOCC2)n1. The number of amides is 1. The Morgan fingerprint density at radius 3 is 2.17 bits per heavy atom. The minimum absolute atomic E-state index is 0.132. The van der Waals surface area contributed by atoms with Gasteiger partial charge in [0.15, 0.2) is 0 Å². The van der Waals surface area contributed by atoms with Crippen molar-refractivity contribution in [3.63, 3.8) is 0 Å². The zero-order chi connectivity index (χ0) is 28.3. The van der Waals surface area contributed by atoms with E-state index < -0.39 is 14.4 Å². The fourth-order valence-corrected chi connectivity index (χ4v) is 10.5. The molecule has 5 rings (SSSR count). The molecule has 2 saturated heterocycles. The van der Waals surface area contributed by atoms with E-state index in [1.165, 1.54) is 10.4 Å². The van der Waals surface area contributed by atoms with E-state index >= 15 is 0 Å². The molecule has 3 aromatic rings. The first-order chi connectivity index (χ1) is 19.2. The number of aromatic nitrogens is 2. The van der Waals surface area contributed by atoms with Gasteiger partial charge in [-0.15, -0.1) is 0 Å². The van der Waals surface area contributed by atoms with Crippen LogP contribution < -0.4 is 20.2 Å². The number of benzene rings is 2. The van der Waals surface area contributed by atoms with Gasteiger partial charge in [-0.3, -0.25) is 4.90 Å². The molecule has 2 aliphatic heterocycles. The van der Waals surface area contributed by atoms with Crippen molar-refractivity contribution < 1.29 is 18.7 Å². The minimum atomic E-state index is -2.68. The van der Waals surface area contributed by atoms with Gasteiger partial charge < -0.3 is 18.8 Å². The van der Waals surface area contributed by atoms with Crippen LogP contribution in [0.15, 0.2) is 66.7 Å². The normalized spacial score (nSPS) is 20.1. The Morgan fingerprint density at radius 2 is 1.60 bits per heavy atom. The van der Waals surface area contributed by atoms with Crippen molar-refractivity contribution in [2.45, 2.75) is 51.3 Å². The van der Waals surface area contributed by atoms with Crippen molar-refractivity contribution in [3.8, 4) is 0 Å². The summed E-state index contributed by atoms with van der Waals surface area (Å²) in [5.74, 6) is 0.929. The molecular weight excluding hydrogens is 544 g/mol. The van der Waals surface area contributed by atoms with Gasteiger partial charge in [0, 0.05) is 32.2 Å². The fourth-order valence-electron chi connectivity index (χ4n) is 5.73. The van der Waals surface area contributed by atoms with E-state index in [0.29, 0.717) is 51.1 Å². The molecule has 2 unspecified atom stereocenters. The molecular formula is C30H37ClN4O4Si. The maximum absolute atomic E-state index is 13.1. The summed E-state index contributed by atoms with van der Waals surface area (Å²) < 4.78 is 18.3. The molecule has 0 spiro atoms. The number of ether oxygens (including phenoxy) is 2. The summed E-state index contributed by atoms with van der Waals surface area (Å²) in [7, 11) is -2.68. The summed E-state index contributed by atoms with van der Waals surface area (Å²) in [5, 5.41) is 2.59. The van der Waals surface area contributed by atoms with Crippen LogP contribution in [0.2, 0.25) is 10.2 Å². The Balaban J connectivity index is 1.36. The maximum atomic E-state index is 13.1. The van der Waals surface area contributed by atoms with E-state index in [2.05, 4.69) is 79.3 Å². The molecule has 1 amide bonds. The van der Waals surface area contributed by atoms with E-state index in [1.807, 2.05) is 24.0 Å². The van der Waals surface area contributed by atoms with Crippen LogP contribution >= 0.6 is 11.6 Å². The second kappa shape index (κ2) is 11.9. The van der Waals surface area contributed by atoms with Gasteiger partial charge in [-0.1, -0.05) is 93.0 Å². The van der Waals surface area contributed by atoms with Crippen LogP contribution in [0.5, 0.6) is 0 Å². The Hall–Kier alpha value is -2.98. The summed E-state index contributed by atoms with van der Waals surface area (Å²) in [6.45, 7) is 11.7. The number of nitrogens with zero attached hydrogens (tertiary/aromatic N) is 4. The largest absolute Gasteiger partial charge is 0.444 e. The molecule has 2 fully saturated rings. The molecule has 3 heterocycles. The molecule has 0 N–H and O–H groups in total. The van der Waals surface area contributed by atoms with E-state index in [0.717, 1.165) is 0 Å². The number of hydrogen-bond donors (Lipinski definition) is 0. The van der Waals surface area contributed by atoms with Gasteiger partial charge in [0.2, 0.25) is 5.95 Å². The van der Waals surface area contributed by atoms with Gasteiger partial charge in [0.1, 0.15) is 17.1 Å². The number of anilines is 2. The molecule has 212 valence electrons. The van der Waals surface area contributed by atoms with Gasteiger partial charge in [0.25, 0.3) is 8.32 Å². The summed E-state index contributed by atoms with van der Waals surface area (Å²) in [4.78, 5) is 25.7. The van der Waals surface area contributed by atoms with Gasteiger partial charge in [-0.2, -0.15) is 4.98 Å². The second-order valence-electron chi connectivity index (χ2n) is 11.3. The van der Waals surface area contributed by atoms with Gasteiger partial charge in [-0.05, 0) is 22.3 Å². The van der Waals surface area contributed by atoms with Gasteiger partial charge >= 0.3 is 6.09 Å². The highest BCUT2D eigenvalue weighted by Gasteiger charge is 2.50. The van der Waals surface area contributed by atoms with Gasteiger partial charge in [-0.25, -0.2) is 9.78 Å². The average Bonchev–Trinajstić information content (AvgIpc) is 3.24. The fraction of sp³-hybridized carbons (Fsp3) is 0.433. The molecule has 10 heteroatoms. The average molecular weight is 581 g/mol. The number of hydrogen-bond acceptors (Lipinski definition) is 7. The summed E-state index contributed by atoms with van der Waals surface area (Å²) in [6, 6.07) is 22.4. The third-order valence-electron chi connectivity index (χ3n) is 7.74. The van der Waals surface area contributed by atoms with Crippen LogP contribution in [-0.4, -0.2) is 69.4 Å². The first-order valence-electron chi connectivity index (χ1n) is 13.8. The van der Waals surface area contributed by atoms with Crippen LogP contribution in [0, 0.1) is 0 Å². The lowest BCUT2D eigenvalue weighted by Crippen LogP contribution is -2.66. The van der Waals surface area contributed by atoms with Crippen LogP contribution in [0.4, 0.5) is 16.6 Å². The van der Waals surface area contributed by atoms with Crippen molar-refractivity contribution in [2.24, 2.45) is 0 Å². The van der Waals surface area contributed by atoms with Gasteiger partial charge in [0.05, 0.1) is 19.3 Å². The van der Waals surface area contributed by atoms with Crippen molar-refractivity contribution in [1.82, 2.24) is 9.97 Å². The lowest BCUT2D eigenvalue weighted by molar-refractivity contribution is 0.114. The number of rotatable bonds is 8. The van der Waals surface area contributed by atoms with Crippen molar-refractivity contribution in [2.75, 3.05) is 42.7 Å². The molecule has 40 heavy (non-hydrogen) atoms. The highest BCUT2D eigenvalue weighted by Crippen LogP contribution is 2.37. The smallest absolute Gasteiger partial charge is 0.416 e. The minimum Gasteiger partial charge on any atom is -0.444 e. The number of morpholine rings is 1. The van der Waals surface area contributed by atoms with Crippen molar-refractivity contribution in [3.05, 3.63) is 71.9 Å². The molecule has 0 bridgehead atoms. The monoisotopic (exact) mass is 580 g/mol. The van der Waals surface area contributed by atoms with Crippen molar-refractivity contribution in [1.29, 1.82) is 0 Å². The van der Waals surface area contributed by atoms with Crippen LogP contribution in [0.1, 0.15) is 34.1 Å². The zero-order valence-corrected chi connectivity index (χ0v) is 25.3. The topological polar surface area (TPSA) is 77.0 Å².